The van der Waals surface area contributed by atoms with Gasteiger partial charge in [0, 0.05) is 4.47 Å². The van der Waals surface area contributed by atoms with E-state index in [-0.39, 0.29) is 4.47 Å². The molecule has 0 radical (unpaired) electrons. The summed E-state index contributed by atoms with van der Waals surface area (Å²) in [6.07, 6.45) is -4.64. The molecule has 9 heteroatoms. The van der Waals surface area contributed by atoms with Crippen molar-refractivity contribution in [3.8, 4) is 6.07 Å². The molecule has 0 aliphatic rings. The number of nitrogens with zero attached hydrogens (tertiary/aromatic N) is 1. The van der Waals surface area contributed by atoms with Crippen molar-refractivity contribution in [3.05, 3.63) is 28.2 Å². The highest BCUT2D eigenvalue weighted by atomic mass is 79.9. The lowest BCUT2D eigenvalue weighted by atomic mass is 10.2. The van der Waals surface area contributed by atoms with Crippen molar-refractivity contribution in [2.75, 3.05) is 6.54 Å². The molecule has 0 saturated carbocycles. The number of nitrogens with one attached hydrogen (secondary N) is 1. The summed E-state index contributed by atoms with van der Waals surface area (Å²) < 4.78 is 62.5. The minimum atomic E-state index is -4.64. The van der Waals surface area contributed by atoms with Crippen molar-refractivity contribution in [1.29, 1.82) is 5.26 Å². The number of hydrogen-bond donors (Lipinski definition) is 1. The SMILES string of the molecule is N#CCNS(=O)(=O)c1cc(C(F)(F)F)ccc1Br. The largest absolute Gasteiger partial charge is 0.416 e. The lowest BCUT2D eigenvalue weighted by Crippen LogP contribution is -2.24. The van der Waals surface area contributed by atoms with E-state index in [1.165, 1.54) is 6.07 Å². The maximum atomic E-state index is 12.5. The Kier molecular flexibility index (Phi) is 4.37. The molecule has 1 N–H and O–H groups in total. The van der Waals surface area contributed by atoms with E-state index in [4.69, 9.17) is 5.26 Å². The third-order valence-electron chi connectivity index (χ3n) is 1.89. The van der Waals surface area contributed by atoms with Crippen LogP contribution in [0, 0.1) is 11.3 Å². The average Bonchev–Trinajstić information content (AvgIpc) is 2.25. The molecule has 0 aliphatic carbocycles. The first-order valence-electron chi connectivity index (χ1n) is 4.42. The summed E-state index contributed by atoms with van der Waals surface area (Å²) in [6.45, 7) is -0.523. The first-order chi connectivity index (χ1) is 8.18. The van der Waals surface area contributed by atoms with Crippen molar-refractivity contribution >= 4 is 26.0 Å². The Morgan fingerprint density at radius 2 is 2.00 bits per heavy atom. The fraction of sp³-hybridized carbons (Fsp3) is 0.222. The Morgan fingerprint density at radius 1 is 1.39 bits per heavy atom. The molecule has 1 rings (SSSR count). The number of alkyl halides is 3. The average molecular weight is 343 g/mol. The zero-order chi connectivity index (χ0) is 14.0. The molecule has 4 nitrogen and oxygen atoms in total. The standard InChI is InChI=1S/C9H6BrF3N2O2S/c10-7-2-1-6(9(11,12)13)5-8(7)18(16,17)15-4-3-14/h1-2,5,15H,4H2. The van der Waals surface area contributed by atoms with Crippen molar-refractivity contribution in [1.82, 2.24) is 4.72 Å². The number of rotatable bonds is 3. The second kappa shape index (κ2) is 5.26. The third kappa shape index (κ3) is 3.44. The smallest absolute Gasteiger partial charge is 0.207 e. The van der Waals surface area contributed by atoms with Gasteiger partial charge in [-0.1, -0.05) is 0 Å². The van der Waals surface area contributed by atoms with E-state index in [0.29, 0.717) is 6.07 Å². The minimum absolute atomic E-state index is 0.0130. The Hall–Kier alpha value is -1.11. The molecule has 0 aliphatic heterocycles. The molecular formula is C9H6BrF3N2O2S. The van der Waals surface area contributed by atoms with Crippen LogP contribution in [0.4, 0.5) is 13.2 Å². The molecule has 0 heterocycles. The zero-order valence-corrected chi connectivity index (χ0v) is 11.0. The quantitative estimate of drug-likeness (QED) is 0.856. The first kappa shape index (κ1) is 14.9. The van der Waals surface area contributed by atoms with Crippen LogP contribution < -0.4 is 4.72 Å². The van der Waals surface area contributed by atoms with E-state index in [1.54, 1.807) is 0 Å². The number of halogens is 4. The summed E-state index contributed by atoms with van der Waals surface area (Å²) in [5, 5.41) is 8.26. The van der Waals surface area contributed by atoms with Crippen LogP contribution in [-0.2, 0) is 16.2 Å². The van der Waals surface area contributed by atoms with Gasteiger partial charge in [0.05, 0.1) is 23.1 Å². The van der Waals surface area contributed by atoms with Crippen molar-refractivity contribution in [2.24, 2.45) is 0 Å². The molecule has 0 aromatic heterocycles. The summed E-state index contributed by atoms with van der Waals surface area (Å²) >= 11 is 2.86. The van der Waals surface area contributed by atoms with Gasteiger partial charge in [0.25, 0.3) is 0 Å². The van der Waals surface area contributed by atoms with Crippen LogP contribution in [0.15, 0.2) is 27.6 Å². The van der Waals surface area contributed by atoms with Crippen LogP contribution in [0.3, 0.4) is 0 Å². The van der Waals surface area contributed by atoms with E-state index in [2.05, 4.69) is 15.9 Å². The summed E-state index contributed by atoms with van der Waals surface area (Å²) in [5.41, 5.74) is -1.08. The van der Waals surface area contributed by atoms with Crippen LogP contribution >= 0.6 is 15.9 Å². The second-order valence-electron chi connectivity index (χ2n) is 3.13. The number of hydrogen-bond acceptors (Lipinski definition) is 3. The van der Waals surface area contributed by atoms with Crippen LogP contribution in [0.25, 0.3) is 0 Å². The monoisotopic (exact) mass is 342 g/mol. The van der Waals surface area contributed by atoms with E-state index in [1.807, 2.05) is 4.72 Å². The fourth-order valence-electron chi connectivity index (χ4n) is 1.09. The van der Waals surface area contributed by atoms with E-state index >= 15 is 0 Å². The normalized spacial score (nSPS) is 12.2. The fourth-order valence-corrected chi connectivity index (χ4v) is 2.99. The van der Waals surface area contributed by atoms with Gasteiger partial charge in [0.1, 0.15) is 0 Å². The van der Waals surface area contributed by atoms with Crippen LogP contribution in [0.2, 0.25) is 0 Å². The van der Waals surface area contributed by atoms with Crippen molar-refractivity contribution in [2.45, 2.75) is 11.1 Å². The molecule has 18 heavy (non-hydrogen) atoms. The number of benzene rings is 1. The second-order valence-corrected chi connectivity index (χ2v) is 5.72. The van der Waals surface area contributed by atoms with Crippen LogP contribution in [0.5, 0.6) is 0 Å². The number of sulfonamides is 1. The lowest BCUT2D eigenvalue weighted by molar-refractivity contribution is -0.137. The highest BCUT2D eigenvalue weighted by Gasteiger charge is 2.32. The molecule has 98 valence electrons. The Morgan fingerprint density at radius 3 is 2.50 bits per heavy atom. The van der Waals surface area contributed by atoms with Gasteiger partial charge in [0.2, 0.25) is 10.0 Å². The molecule has 0 amide bonds. The van der Waals surface area contributed by atoms with Crippen LogP contribution in [0.1, 0.15) is 5.56 Å². The van der Waals surface area contributed by atoms with Gasteiger partial charge >= 0.3 is 6.18 Å². The Labute approximate surface area is 110 Å². The summed E-state index contributed by atoms with van der Waals surface area (Å²) in [5.74, 6) is 0. The molecule has 0 fully saturated rings. The molecule has 0 saturated heterocycles. The van der Waals surface area contributed by atoms with Crippen molar-refractivity contribution in [3.63, 3.8) is 0 Å². The molecule has 0 atom stereocenters. The summed E-state index contributed by atoms with van der Waals surface area (Å²) in [6, 6.07) is 3.78. The predicted octanol–water partition coefficient (Wildman–Crippen LogP) is 2.27. The van der Waals surface area contributed by atoms with E-state index in [0.717, 1.165) is 12.1 Å². The van der Waals surface area contributed by atoms with Gasteiger partial charge in [-0.2, -0.15) is 23.2 Å². The Balaban J connectivity index is 3.29. The summed E-state index contributed by atoms with van der Waals surface area (Å²) in [7, 11) is -4.16. The van der Waals surface area contributed by atoms with Gasteiger partial charge in [-0.3, -0.25) is 0 Å². The minimum Gasteiger partial charge on any atom is -0.207 e. The van der Waals surface area contributed by atoms with Gasteiger partial charge in [-0.25, -0.2) is 8.42 Å². The van der Waals surface area contributed by atoms with Gasteiger partial charge < -0.3 is 0 Å². The number of nitriles is 1. The van der Waals surface area contributed by atoms with E-state index < -0.39 is 33.2 Å². The van der Waals surface area contributed by atoms with Gasteiger partial charge in [-0.05, 0) is 34.1 Å². The molecular weight excluding hydrogens is 337 g/mol. The Bertz CT molecular complexity index is 593. The van der Waals surface area contributed by atoms with Crippen LogP contribution in [-0.4, -0.2) is 15.0 Å². The molecule has 0 bridgehead atoms. The lowest BCUT2D eigenvalue weighted by Gasteiger charge is -2.10. The predicted molar refractivity (Wildman–Crippen MR) is 59.9 cm³/mol. The summed E-state index contributed by atoms with van der Waals surface area (Å²) in [4.78, 5) is -0.562. The molecule has 0 spiro atoms. The first-order valence-corrected chi connectivity index (χ1v) is 6.69. The van der Waals surface area contributed by atoms with Gasteiger partial charge in [-0.15, -0.1) is 0 Å². The molecule has 1 aromatic carbocycles. The van der Waals surface area contributed by atoms with E-state index in [9.17, 15) is 21.6 Å². The maximum Gasteiger partial charge on any atom is 0.416 e. The topological polar surface area (TPSA) is 70.0 Å². The third-order valence-corrected chi connectivity index (χ3v) is 4.28. The zero-order valence-electron chi connectivity index (χ0n) is 8.62. The molecule has 1 aromatic rings. The highest BCUT2D eigenvalue weighted by molar-refractivity contribution is 9.10. The highest BCUT2D eigenvalue weighted by Crippen LogP contribution is 2.33. The van der Waals surface area contributed by atoms with Gasteiger partial charge in [0.15, 0.2) is 0 Å². The maximum absolute atomic E-state index is 12.5. The van der Waals surface area contributed by atoms with Crippen molar-refractivity contribution < 1.29 is 21.6 Å². The molecule has 0 unspecified atom stereocenters.